The van der Waals surface area contributed by atoms with Gasteiger partial charge >= 0.3 is 0 Å². The highest BCUT2D eigenvalue weighted by Gasteiger charge is 2.36. The van der Waals surface area contributed by atoms with Gasteiger partial charge in [0.2, 0.25) is 15.9 Å². The summed E-state index contributed by atoms with van der Waals surface area (Å²) in [4.78, 5) is 12.3. The van der Waals surface area contributed by atoms with Crippen molar-refractivity contribution in [3.8, 4) is 0 Å². The van der Waals surface area contributed by atoms with E-state index in [9.17, 15) is 13.2 Å². The van der Waals surface area contributed by atoms with E-state index in [4.69, 9.17) is 0 Å². The second-order valence-corrected chi connectivity index (χ2v) is 7.85. The minimum absolute atomic E-state index is 0.274. The van der Waals surface area contributed by atoms with Crippen LogP contribution in [0.25, 0.3) is 0 Å². The van der Waals surface area contributed by atoms with Gasteiger partial charge in [-0.25, -0.2) is 8.42 Å². The molecule has 1 aliphatic heterocycles. The maximum Gasteiger partial charge on any atom is 0.242 e. The Kier molecular flexibility index (Phi) is 3.75. The van der Waals surface area contributed by atoms with E-state index >= 15 is 0 Å². The van der Waals surface area contributed by atoms with Gasteiger partial charge in [-0.1, -0.05) is 0 Å². The topological polar surface area (TPSA) is 84.3 Å². The van der Waals surface area contributed by atoms with Gasteiger partial charge in [0.05, 0.1) is 18.1 Å². The lowest BCUT2D eigenvalue weighted by atomic mass is 10.2. The summed E-state index contributed by atoms with van der Waals surface area (Å²) in [6, 6.07) is -0.605. The molecule has 1 saturated carbocycles. The minimum Gasteiger partial charge on any atom is -0.322 e. The number of nitrogens with one attached hydrogen (secondary N) is 1. The largest absolute Gasteiger partial charge is 0.322 e. The number of anilines is 1. The second kappa shape index (κ2) is 5.42. The van der Waals surface area contributed by atoms with Crippen molar-refractivity contribution in [1.82, 2.24) is 14.1 Å². The van der Waals surface area contributed by atoms with Gasteiger partial charge in [-0.2, -0.15) is 9.40 Å². The van der Waals surface area contributed by atoms with E-state index in [0.717, 1.165) is 12.8 Å². The van der Waals surface area contributed by atoms with Gasteiger partial charge in [-0.15, -0.1) is 0 Å². The third-order valence-corrected chi connectivity index (χ3v) is 5.26. The zero-order valence-corrected chi connectivity index (χ0v) is 12.8. The molecule has 2 heterocycles. The molecule has 1 aromatic heterocycles. The van der Waals surface area contributed by atoms with Gasteiger partial charge in [0.15, 0.2) is 0 Å². The van der Waals surface area contributed by atoms with Crippen LogP contribution in [0.4, 0.5) is 5.69 Å². The number of aromatic nitrogens is 2. The summed E-state index contributed by atoms with van der Waals surface area (Å²) in [6.45, 7) is 1.30. The molecular weight excluding hydrogens is 292 g/mol. The van der Waals surface area contributed by atoms with Crippen molar-refractivity contribution >= 4 is 21.6 Å². The van der Waals surface area contributed by atoms with Crippen LogP contribution >= 0.6 is 0 Å². The van der Waals surface area contributed by atoms with E-state index in [1.165, 1.54) is 17.1 Å². The predicted octanol–water partition coefficient (Wildman–Crippen LogP) is 0.656. The zero-order chi connectivity index (χ0) is 15.0. The minimum atomic E-state index is -3.34. The summed E-state index contributed by atoms with van der Waals surface area (Å²) in [7, 11) is -3.34. The molecule has 8 heteroatoms. The van der Waals surface area contributed by atoms with Crippen LogP contribution in [0.15, 0.2) is 12.4 Å². The Morgan fingerprint density at radius 1 is 1.43 bits per heavy atom. The molecular formula is C13H20N4O3S. The Balaban J connectivity index is 1.63. The Morgan fingerprint density at radius 2 is 2.19 bits per heavy atom. The first kappa shape index (κ1) is 14.5. The van der Waals surface area contributed by atoms with Crippen LogP contribution in [0.3, 0.4) is 0 Å². The molecule has 0 radical (unpaired) electrons. The number of rotatable bonds is 5. The van der Waals surface area contributed by atoms with Crippen LogP contribution in [0.1, 0.15) is 25.7 Å². The zero-order valence-electron chi connectivity index (χ0n) is 12.0. The van der Waals surface area contributed by atoms with Crippen LogP contribution in [0.5, 0.6) is 0 Å². The molecule has 0 spiro atoms. The number of carbonyl (C=O) groups is 1. The van der Waals surface area contributed by atoms with Crippen LogP contribution in [-0.2, 0) is 21.4 Å². The van der Waals surface area contributed by atoms with E-state index in [0.29, 0.717) is 31.0 Å². The van der Waals surface area contributed by atoms with Gasteiger partial charge in [0.1, 0.15) is 6.04 Å². The first-order valence-electron chi connectivity index (χ1n) is 7.23. The van der Waals surface area contributed by atoms with Gasteiger partial charge in [0, 0.05) is 19.3 Å². The Labute approximate surface area is 124 Å². The summed E-state index contributed by atoms with van der Waals surface area (Å²) in [5.74, 6) is 0.438. The summed E-state index contributed by atoms with van der Waals surface area (Å²) < 4.78 is 26.4. The fraction of sp³-hybridized carbons (Fsp3) is 0.692. The van der Waals surface area contributed by atoms with Gasteiger partial charge in [-0.3, -0.25) is 9.48 Å². The molecule has 21 heavy (non-hydrogen) atoms. The number of sulfonamides is 1. The van der Waals surface area contributed by atoms with E-state index < -0.39 is 16.1 Å². The van der Waals surface area contributed by atoms with Gasteiger partial charge in [0.25, 0.3) is 0 Å². The quantitative estimate of drug-likeness (QED) is 0.865. The van der Waals surface area contributed by atoms with Crippen molar-refractivity contribution in [3.63, 3.8) is 0 Å². The standard InChI is InChI=1S/C13H20N4O3S/c1-21(19,20)17-6-2-3-12(17)13(18)15-11-7-14-16(9-11)8-10-4-5-10/h7,9-10,12H,2-6,8H2,1H3,(H,15,18)/t12-/m0/s1. The summed E-state index contributed by atoms with van der Waals surface area (Å²) >= 11 is 0. The smallest absolute Gasteiger partial charge is 0.242 e. The summed E-state index contributed by atoms with van der Waals surface area (Å²) in [5, 5.41) is 6.99. The van der Waals surface area contributed by atoms with Crippen molar-refractivity contribution in [1.29, 1.82) is 0 Å². The fourth-order valence-corrected chi connectivity index (χ4v) is 3.84. The predicted molar refractivity (Wildman–Crippen MR) is 78.2 cm³/mol. The van der Waals surface area contributed by atoms with Crippen molar-refractivity contribution in [3.05, 3.63) is 12.4 Å². The first-order valence-corrected chi connectivity index (χ1v) is 9.08. The molecule has 0 bridgehead atoms. The number of amides is 1. The highest BCUT2D eigenvalue weighted by molar-refractivity contribution is 7.88. The number of carbonyl (C=O) groups excluding carboxylic acids is 1. The highest BCUT2D eigenvalue weighted by atomic mass is 32.2. The Hall–Kier alpha value is -1.41. The molecule has 1 amide bonds. The Bertz CT molecular complexity index is 636. The maximum absolute atomic E-state index is 12.3. The van der Waals surface area contributed by atoms with Gasteiger partial charge in [-0.05, 0) is 31.6 Å². The molecule has 116 valence electrons. The molecule has 1 aliphatic carbocycles. The third kappa shape index (κ3) is 3.44. The molecule has 7 nitrogen and oxygen atoms in total. The number of hydrogen-bond donors (Lipinski definition) is 1. The second-order valence-electron chi connectivity index (χ2n) is 5.92. The molecule has 1 aromatic rings. The van der Waals surface area contributed by atoms with Crippen LogP contribution < -0.4 is 5.32 Å². The lowest BCUT2D eigenvalue weighted by Gasteiger charge is -2.20. The monoisotopic (exact) mass is 312 g/mol. The van der Waals surface area contributed by atoms with Gasteiger partial charge < -0.3 is 5.32 Å². The molecule has 1 N–H and O–H groups in total. The SMILES string of the molecule is CS(=O)(=O)N1CCC[C@H]1C(=O)Nc1cnn(CC2CC2)c1. The molecule has 1 saturated heterocycles. The van der Waals surface area contributed by atoms with E-state index in [1.807, 2.05) is 4.68 Å². The lowest BCUT2D eigenvalue weighted by molar-refractivity contribution is -0.119. The third-order valence-electron chi connectivity index (χ3n) is 3.98. The Morgan fingerprint density at radius 3 is 2.86 bits per heavy atom. The van der Waals surface area contributed by atoms with E-state index in [2.05, 4.69) is 10.4 Å². The van der Waals surface area contributed by atoms with Crippen molar-refractivity contribution in [2.24, 2.45) is 5.92 Å². The maximum atomic E-state index is 12.3. The average Bonchev–Trinajstić information content (AvgIpc) is 2.91. The van der Waals surface area contributed by atoms with Crippen molar-refractivity contribution in [2.45, 2.75) is 38.3 Å². The molecule has 0 unspecified atom stereocenters. The van der Waals surface area contributed by atoms with Crippen LogP contribution in [-0.4, -0.2) is 47.3 Å². The molecule has 0 aromatic carbocycles. The van der Waals surface area contributed by atoms with Crippen LogP contribution in [0.2, 0.25) is 0 Å². The summed E-state index contributed by atoms with van der Waals surface area (Å²) in [6.07, 6.45) is 8.32. The highest BCUT2D eigenvalue weighted by Crippen LogP contribution is 2.30. The molecule has 2 aliphatic rings. The number of hydrogen-bond acceptors (Lipinski definition) is 4. The van der Waals surface area contributed by atoms with Crippen LogP contribution in [0, 0.1) is 5.92 Å². The van der Waals surface area contributed by atoms with Crippen molar-refractivity contribution in [2.75, 3.05) is 18.1 Å². The fourth-order valence-electron chi connectivity index (χ4n) is 2.72. The average molecular weight is 312 g/mol. The summed E-state index contributed by atoms with van der Waals surface area (Å²) in [5.41, 5.74) is 0.626. The van der Waals surface area contributed by atoms with E-state index in [1.54, 1.807) is 12.4 Å². The normalized spacial score (nSPS) is 23.4. The van der Waals surface area contributed by atoms with E-state index in [-0.39, 0.29) is 5.91 Å². The number of nitrogens with zero attached hydrogens (tertiary/aromatic N) is 3. The molecule has 1 atom stereocenters. The molecule has 3 rings (SSSR count). The lowest BCUT2D eigenvalue weighted by Crippen LogP contribution is -2.42. The van der Waals surface area contributed by atoms with Crippen molar-refractivity contribution < 1.29 is 13.2 Å². The first-order chi connectivity index (χ1) is 9.93. The molecule has 2 fully saturated rings.